The highest BCUT2D eigenvalue weighted by Gasteiger charge is 2.24. The van der Waals surface area contributed by atoms with E-state index in [1.165, 1.54) is 0 Å². The Morgan fingerprint density at radius 1 is 1.26 bits per heavy atom. The molecule has 1 aromatic rings. The summed E-state index contributed by atoms with van der Waals surface area (Å²) in [5, 5.41) is 2.90. The molecule has 3 rings (SSSR count). The van der Waals surface area contributed by atoms with Crippen molar-refractivity contribution in [1.82, 2.24) is 10.2 Å². The summed E-state index contributed by atoms with van der Waals surface area (Å²) < 4.78 is 29.3. The Labute approximate surface area is 136 Å². The van der Waals surface area contributed by atoms with Crippen molar-refractivity contribution in [3.63, 3.8) is 0 Å². The zero-order valence-electron chi connectivity index (χ0n) is 13.1. The number of hydrogen-bond donors (Lipinski definition) is 1. The normalized spacial score (nSPS) is 20.7. The number of aryl methyl sites for hydroxylation is 1. The van der Waals surface area contributed by atoms with Gasteiger partial charge in [-0.05, 0) is 36.6 Å². The molecule has 2 aliphatic rings. The Balaban J connectivity index is 1.59. The average molecular weight is 338 g/mol. The van der Waals surface area contributed by atoms with Crippen LogP contribution in [-0.4, -0.2) is 64.4 Å². The molecule has 23 heavy (non-hydrogen) atoms. The molecule has 2 aliphatic heterocycles. The summed E-state index contributed by atoms with van der Waals surface area (Å²) in [5.74, 6) is 0.0505. The molecule has 0 bridgehead atoms. The lowest BCUT2D eigenvalue weighted by Crippen LogP contribution is -2.41. The molecular formula is C16H22N2O4S. The zero-order chi connectivity index (χ0) is 16.3. The van der Waals surface area contributed by atoms with E-state index in [0.717, 1.165) is 38.4 Å². The minimum absolute atomic E-state index is 0.149. The largest absolute Gasteiger partial charge is 0.379 e. The van der Waals surface area contributed by atoms with E-state index < -0.39 is 9.84 Å². The van der Waals surface area contributed by atoms with Crippen LogP contribution in [0.15, 0.2) is 23.1 Å². The van der Waals surface area contributed by atoms with Crippen LogP contribution in [0.1, 0.15) is 22.3 Å². The van der Waals surface area contributed by atoms with Crippen LogP contribution in [0.4, 0.5) is 0 Å². The maximum absolute atomic E-state index is 12.2. The van der Waals surface area contributed by atoms with Crippen molar-refractivity contribution in [2.24, 2.45) is 0 Å². The predicted octanol–water partition coefficient (Wildman–Crippen LogP) is 0.469. The van der Waals surface area contributed by atoms with Gasteiger partial charge in [0.2, 0.25) is 0 Å². The first-order chi connectivity index (χ1) is 11.1. The fourth-order valence-electron chi connectivity index (χ4n) is 3.04. The first kappa shape index (κ1) is 16.4. The third kappa shape index (κ3) is 3.91. The molecule has 1 saturated heterocycles. The smallest absolute Gasteiger partial charge is 0.251 e. The Morgan fingerprint density at radius 3 is 2.83 bits per heavy atom. The number of benzene rings is 1. The molecule has 6 nitrogen and oxygen atoms in total. The number of fused-ring (bicyclic) bond motifs is 1. The number of sulfone groups is 1. The summed E-state index contributed by atoms with van der Waals surface area (Å²) in [6.07, 6.45) is 1.33. The van der Waals surface area contributed by atoms with Gasteiger partial charge in [0.15, 0.2) is 9.84 Å². The molecule has 0 saturated carbocycles. The number of rotatable bonds is 4. The standard InChI is InChI=1S/C16H22N2O4S/c19-16(17-5-6-18-7-9-22-10-8-18)14-3-4-15-13(12-14)2-1-11-23(15,20)21/h3-4,12H,1-2,5-11H2,(H,17,19). The van der Waals surface area contributed by atoms with Gasteiger partial charge in [-0.15, -0.1) is 0 Å². The fraction of sp³-hybridized carbons (Fsp3) is 0.562. The molecule has 2 heterocycles. The average Bonchev–Trinajstić information content (AvgIpc) is 2.55. The Hall–Kier alpha value is -1.44. The molecule has 0 spiro atoms. The monoisotopic (exact) mass is 338 g/mol. The van der Waals surface area contributed by atoms with Gasteiger partial charge in [0.05, 0.1) is 23.9 Å². The minimum Gasteiger partial charge on any atom is -0.379 e. The van der Waals surface area contributed by atoms with Crippen molar-refractivity contribution in [1.29, 1.82) is 0 Å². The number of carbonyl (C=O) groups excluding carboxylic acids is 1. The second-order valence-corrected chi connectivity index (χ2v) is 8.03. The molecule has 7 heteroatoms. The molecule has 0 aliphatic carbocycles. The molecule has 126 valence electrons. The van der Waals surface area contributed by atoms with E-state index in [0.29, 0.717) is 29.8 Å². The molecule has 1 N–H and O–H groups in total. The molecule has 1 fully saturated rings. The van der Waals surface area contributed by atoms with Gasteiger partial charge in [-0.2, -0.15) is 0 Å². The first-order valence-corrected chi connectivity index (χ1v) is 9.65. The summed E-state index contributed by atoms with van der Waals surface area (Å²) in [5.41, 5.74) is 1.29. The summed E-state index contributed by atoms with van der Waals surface area (Å²) in [7, 11) is -3.17. The molecular weight excluding hydrogens is 316 g/mol. The van der Waals surface area contributed by atoms with Crippen LogP contribution in [0.25, 0.3) is 0 Å². The van der Waals surface area contributed by atoms with Gasteiger partial charge in [0, 0.05) is 31.7 Å². The van der Waals surface area contributed by atoms with E-state index in [9.17, 15) is 13.2 Å². The zero-order valence-corrected chi connectivity index (χ0v) is 13.9. The van der Waals surface area contributed by atoms with Crippen LogP contribution in [0.5, 0.6) is 0 Å². The van der Waals surface area contributed by atoms with Crippen molar-refractivity contribution < 1.29 is 17.9 Å². The lowest BCUT2D eigenvalue weighted by Gasteiger charge is -2.26. The highest BCUT2D eigenvalue weighted by molar-refractivity contribution is 7.91. The number of amides is 1. The van der Waals surface area contributed by atoms with Gasteiger partial charge in [-0.25, -0.2) is 8.42 Å². The van der Waals surface area contributed by atoms with Crippen molar-refractivity contribution in [2.45, 2.75) is 17.7 Å². The van der Waals surface area contributed by atoms with Gasteiger partial charge in [0.1, 0.15) is 0 Å². The lowest BCUT2D eigenvalue weighted by molar-refractivity contribution is 0.0383. The minimum atomic E-state index is -3.17. The van der Waals surface area contributed by atoms with Crippen molar-refractivity contribution in [3.8, 4) is 0 Å². The highest BCUT2D eigenvalue weighted by Crippen LogP contribution is 2.25. The molecule has 0 aromatic heterocycles. The Morgan fingerprint density at radius 2 is 2.04 bits per heavy atom. The quantitative estimate of drug-likeness (QED) is 0.864. The lowest BCUT2D eigenvalue weighted by atomic mass is 10.1. The SMILES string of the molecule is O=C(NCCN1CCOCC1)c1ccc2c(c1)CCCS2(=O)=O. The van der Waals surface area contributed by atoms with E-state index in [-0.39, 0.29) is 11.7 Å². The van der Waals surface area contributed by atoms with Crippen LogP contribution in [-0.2, 0) is 21.0 Å². The van der Waals surface area contributed by atoms with Crippen LogP contribution in [0.3, 0.4) is 0 Å². The Kier molecular flexibility index (Phi) is 4.99. The molecule has 0 atom stereocenters. The van der Waals surface area contributed by atoms with Gasteiger partial charge < -0.3 is 10.1 Å². The summed E-state index contributed by atoms with van der Waals surface area (Å²) >= 11 is 0. The Bertz CT molecular complexity index is 681. The van der Waals surface area contributed by atoms with Crippen molar-refractivity contribution in [3.05, 3.63) is 29.3 Å². The molecule has 1 amide bonds. The second-order valence-electron chi connectivity index (χ2n) is 5.95. The van der Waals surface area contributed by atoms with Crippen LogP contribution >= 0.6 is 0 Å². The maximum atomic E-state index is 12.2. The number of ether oxygens (including phenoxy) is 1. The van der Waals surface area contributed by atoms with Crippen LogP contribution in [0.2, 0.25) is 0 Å². The van der Waals surface area contributed by atoms with Crippen LogP contribution < -0.4 is 5.32 Å². The third-order valence-corrected chi connectivity index (χ3v) is 6.23. The maximum Gasteiger partial charge on any atom is 0.251 e. The number of nitrogens with one attached hydrogen (secondary N) is 1. The number of morpholine rings is 1. The molecule has 1 aromatic carbocycles. The fourth-order valence-corrected chi connectivity index (χ4v) is 4.62. The van der Waals surface area contributed by atoms with E-state index in [1.54, 1.807) is 18.2 Å². The van der Waals surface area contributed by atoms with Gasteiger partial charge >= 0.3 is 0 Å². The summed E-state index contributed by atoms with van der Waals surface area (Å²) in [6.45, 7) is 4.66. The van der Waals surface area contributed by atoms with E-state index in [1.807, 2.05) is 0 Å². The van der Waals surface area contributed by atoms with Crippen molar-refractivity contribution >= 4 is 15.7 Å². The van der Waals surface area contributed by atoms with E-state index in [2.05, 4.69) is 10.2 Å². The number of nitrogens with zero attached hydrogens (tertiary/aromatic N) is 1. The van der Waals surface area contributed by atoms with Gasteiger partial charge in [-0.1, -0.05) is 0 Å². The summed E-state index contributed by atoms with van der Waals surface area (Å²) in [6, 6.07) is 4.89. The van der Waals surface area contributed by atoms with Crippen LogP contribution in [0, 0.1) is 0 Å². The predicted molar refractivity (Wildman–Crippen MR) is 86.4 cm³/mol. The summed E-state index contributed by atoms with van der Waals surface area (Å²) in [4.78, 5) is 14.9. The number of carbonyl (C=O) groups is 1. The van der Waals surface area contributed by atoms with Gasteiger partial charge in [-0.3, -0.25) is 9.69 Å². The van der Waals surface area contributed by atoms with Crippen molar-refractivity contribution in [2.75, 3.05) is 45.1 Å². The van der Waals surface area contributed by atoms with E-state index >= 15 is 0 Å². The topological polar surface area (TPSA) is 75.7 Å². The molecule has 0 unspecified atom stereocenters. The first-order valence-electron chi connectivity index (χ1n) is 8.00. The highest BCUT2D eigenvalue weighted by atomic mass is 32.2. The van der Waals surface area contributed by atoms with E-state index in [4.69, 9.17) is 4.74 Å². The number of hydrogen-bond acceptors (Lipinski definition) is 5. The van der Waals surface area contributed by atoms with Gasteiger partial charge in [0.25, 0.3) is 5.91 Å². The third-order valence-electron chi connectivity index (χ3n) is 4.33. The second kappa shape index (κ2) is 6.98. The molecule has 0 radical (unpaired) electrons.